The van der Waals surface area contributed by atoms with Crippen molar-refractivity contribution >= 4 is 25.3 Å². The van der Waals surface area contributed by atoms with Gasteiger partial charge in [-0.3, -0.25) is 0 Å². The van der Waals surface area contributed by atoms with Crippen molar-refractivity contribution in [1.29, 1.82) is 0 Å². The number of aliphatic hydroxyl groups excluding tert-OH is 2. The first-order valence-corrected chi connectivity index (χ1v) is 3.53. The van der Waals surface area contributed by atoms with Crippen LogP contribution in [0.25, 0.3) is 0 Å². The highest BCUT2D eigenvalue weighted by molar-refractivity contribution is 7.80. The van der Waals surface area contributed by atoms with E-state index in [0.29, 0.717) is 11.5 Å². The highest BCUT2D eigenvalue weighted by atomic mass is 32.1. The second-order valence-electron chi connectivity index (χ2n) is 0.894. The highest BCUT2D eigenvalue weighted by Gasteiger charge is 1.58. The molecule has 0 fully saturated rings. The van der Waals surface area contributed by atoms with E-state index in [9.17, 15) is 0 Å². The molecular weight excluding hydrogens is 144 g/mol. The van der Waals surface area contributed by atoms with E-state index >= 15 is 0 Å². The van der Waals surface area contributed by atoms with Crippen LogP contribution in [0.3, 0.4) is 0 Å². The molecule has 0 rings (SSSR count). The third-order valence-corrected chi connectivity index (χ3v) is 0.600. The average Bonchev–Trinajstić information content (AvgIpc) is 1.88. The first-order valence-electron chi connectivity index (χ1n) is 2.26. The molecule has 0 aliphatic rings. The number of rotatable bonds is 2. The van der Waals surface area contributed by atoms with Gasteiger partial charge < -0.3 is 10.2 Å². The Morgan fingerprint density at radius 2 is 1.00 bits per heavy atom. The predicted octanol–water partition coefficient (Wildman–Crippen LogP) is -0.183. The van der Waals surface area contributed by atoms with E-state index in [4.69, 9.17) is 10.2 Å². The number of thiol groups is 2. The molecule has 0 aliphatic heterocycles. The van der Waals surface area contributed by atoms with Crippen LogP contribution < -0.4 is 0 Å². The molecule has 0 radical (unpaired) electrons. The van der Waals surface area contributed by atoms with Gasteiger partial charge in [0.2, 0.25) is 0 Å². The minimum absolute atomic E-state index is 0.184. The topological polar surface area (TPSA) is 40.5 Å². The van der Waals surface area contributed by atoms with Crippen molar-refractivity contribution < 1.29 is 10.2 Å². The molecule has 2 nitrogen and oxygen atoms in total. The van der Waals surface area contributed by atoms with Crippen LogP contribution in [0.4, 0.5) is 0 Å². The molecule has 8 heavy (non-hydrogen) atoms. The van der Waals surface area contributed by atoms with Gasteiger partial charge in [0, 0.05) is 11.5 Å². The summed E-state index contributed by atoms with van der Waals surface area (Å²) in [5.41, 5.74) is 0. The summed E-state index contributed by atoms with van der Waals surface area (Å²) in [6, 6.07) is 0. The molecular formula is C4H12O2S2. The Kier molecular flexibility index (Phi) is 22.3. The zero-order chi connectivity index (χ0) is 6.83. The largest absolute Gasteiger partial charge is 0.396 e. The lowest BCUT2D eigenvalue weighted by atomic mass is 10.9. The lowest BCUT2D eigenvalue weighted by Crippen LogP contribution is -1.76. The number of hydrogen-bond acceptors (Lipinski definition) is 4. The van der Waals surface area contributed by atoms with Gasteiger partial charge in [-0.15, -0.1) is 0 Å². The minimum Gasteiger partial charge on any atom is -0.396 e. The van der Waals surface area contributed by atoms with Gasteiger partial charge in [0.05, 0.1) is 13.2 Å². The summed E-state index contributed by atoms with van der Waals surface area (Å²) >= 11 is 7.34. The third-order valence-electron chi connectivity index (χ3n) is 0.200. The SMILES string of the molecule is OCCS.OCCS. The fourth-order valence-electron chi connectivity index (χ4n) is 0. The third kappa shape index (κ3) is 30.5. The first-order chi connectivity index (χ1) is 3.83. The molecule has 0 aliphatic carbocycles. The molecule has 0 atom stereocenters. The van der Waals surface area contributed by atoms with Gasteiger partial charge >= 0.3 is 0 Å². The molecule has 0 aromatic heterocycles. The van der Waals surface area contributed by atoms with Crippen molar-refractivity contribution in [3.63, 3.8) is 0 Å². The zero-order valence-electron chi connectivity index (χ0n) is 4.62. The molecule has 0 aromatic rings. The number of hydrogen-bond donors (Lipinski definition) is 4. The quantitative estimate of drug-likeness (QED) is 0.419. The molecule has 0 heterocycles. The summed E-state index contributed by atoms with van der Waals surface area (Å²) in [6.07, 6.45) is 0. The normalized spacial score (nSPS) is 7.50. The van der Waals surface area contributed by atoms with Gasteiger partial charge in [0.1, 0.15) is 0 Å². The maximum atomic E-state index is 7.80. The van der Waals surface area contributed by atoms with Gasteiger partial charge in [-0.25, -0.2) is 0 Å². The molecule has 0 unspecified atom stereocenters. The summed E-state index contributed by atoms with van der Waals surface area (Å²) in [4.78, 5) is 0. The summed E-state index contributed by atoms with van der Waals surface area (Å²) in [7, 11) is 0. The van der Waals surface area contributed by atoms with Gasteiger partial charge in [-0.1, -0.05) is 0 Å². The summed E-state index contributed by atoms with van der Waals surface area (Å²) in [6.45, 7) is 0.367. The van der Waals surface area contributed by atoms with E-state index in [1.807, 2.05) is 0 Å². The van der Waals surface area contributed by atoms with Gasteiger partial charge in [-0.05, 0) is 0 Å². The second kappa shape index (κ2) is 15.6. The summed E-state index contributed by atoms with van der Waals surface area (Å²) in [5.74, 6) is 1.14. The molecule has 2 N–H and O–H groups in total. The van der Waals surface area contributed by atoms with E-state index in [-0.39, 0.29) is 13.2 Å². The Morgan fingerprint density at radius 3 is 1.00 bits per heavy atom. The molecule has 4 heteroatoms. The van der Waals surface area contributed by atoms with Gasteiger partial charge in [0.25, 0.3) is 0 Å². The number of aliphatic hydroxyl groups is 2. The fraction of sp³-hybridized carbons (Fsp3) is 1.00. The van der Waals surface area contributed by atoms with Crippen molar-refractivity contribution in [3.05, 3.63) is 0 Å². The van der Waals surface area contributed by atoms with Crippen LogP contribution in [0, 0.1) is 0 Å². The van der Waals surface area contributed by atoms with E-state index in [1.54, 1.807) is 0 Å². The monoisotopic (exact) mass is 156 g/mol. The Hall–Kier alpha value is 0.620. The van der Waals surface area contributed by atoms with Crippen LogP contribution in [0.1, 0.15) is 0 Å². The lowest BCUT2D eigenvalue weighted by molar-refractivity contribution is 0.322. The molecule has 0 spiro atoms. The molecule has 0 bridgehead atoms. The molecule has 0 aromatic carbocycles. The fourth-order valence-corrected chi connectivity index (χ4v) is 0. The standard InChI is InChI=1S/2C2H6OS/c2*3-1-2-4/h2*3-4H,1-2H2. The van der Waals surface area contributed by atoms with E-state index in [1.165, 1.54) is 0 Å². The second-order valence-corrected chi connectivity index (χ2v) is 1.79. The Balaban J connectivity index is 0. The van der Waals surface area contributed by atoms with Crippen molar-refractivity contribution in [2.24, 2.45) is 0 Å². The zero-order valence-corrected chi connectivity index (χ0v) is 6.41. The van der Waals surface area contributed by atoms with E-state index < -0.39 is 0 Å². The summed E-state index contributed by atoms with van der Waals surface area (Å²) in [5, 5.41) is 15.6. The first kappa shape index (κ1) is 11.4. The summed E-state index contributed by atoms with van der Waals surface area (Å²) < 4.78 is 0. The van der Waals surface area contributed by atoms with Crippen LogP contribution in [-0.2, 0) is 0 Å². The molecule has 0 saturated heterocycles. The van der Waals surface area contributed by atoms with Crippen molar-refractivity contribution in [1.82, 2.24) is 0 Å². The lowest BCUT2D eigenvalue weighted by Gasteiger charge is -1.69. The Bertz CT molecular complexity index is 20.0. The van der Waals surface area contributed by atoms with Crippen LogP contribution >= 0.6 is 25.3 Å². The Labute approximate surface area is 60.7 Å². The average molecular weight is 156 g/mol. The van der Waals surface area contributed by atoms with Crippen LogP contribution in [-0.4, -0.2) is 34.9 Å². The predicted molar refractivity (Wildman–Crippen MR) is 41.9 cm³/mol. The smallest absolute Gasteiger partial charge is 0.0519 e. The van der Waals surface area contributed by atoms with Crippen molar-refractivity contribution in [2.75, 3.05) is 24.7 Å². The maximum absolute atomic E-state index is 7.80. The van der Waals surface area contributed by atoms with E-state index in [0.717, 1.165) is 0 Å². The van der Waals surface area contributed by atoms with Gasteiger partial charge in [-0.2, -0.15) is 25.3 Å². The van der Waals surface area contributed by atoms with Crippen molar-refractivity contribution in [2.45, 2.75) is 0 Å². The van der Waals surface area contributed by atoms with Crippen LogP contribution in [0.15, 0.2) is 0 Å². The van der Waals surface area contributed by atoms with Gasteiger partial charge in [0.15, 0.2) is 0 Å². The maximum Gasteiger partial charge on any atom is 0.0519 e. The highest BCUT2D eigenvalue weighted by Crippen LogP contribution is 1.62. The van der Waals surface area contributed by atoms with Crippen LogP contribution in [0.5, 0.6) is 0 Å². The Morgan fingerprint density at radius 1 is 0.875 bits per heavy atom. The van der Waals surface area contributed by atoms with Crippen molar-refractivity contribution in [3.8, 4) is 0 Å². The minimum atomic E-state index is 0.184. The molecule has 52 valence electrons. The molecule has 0 saturated carbocycles. The van der Waals surface area contributed by atoms with E-state index in [2.05, 4.69) is 25.3 Å². The molecule has 0 amide bonds. The van der Waals surface area contributed by atoms with Crippen LogP contribution in [0.2, 0.25) is 0 Å².